The van der Waals surface area contributed by atoms with Gasteiger partial charge in [0, 0.05) is 7.05 Å². The summed E-state index contributed by atoms with van der Waals surface area (Å²) in [5.41, 5.74) is 1.40. The number of allylic oxidation sites excluding steroid dienone is 3. The van der Waals surface area contributed by atoms with Gasteiger partial charge >= 0.3 is 0 Å². The molecular formula is C9H17N. The van der Waals surface area contributed by atoms with Gasteiger partial charge in [0.1, 0.15) is 0 Å². The van der Waals surface area contributed by atoms with E-state index in [-0.39, 0.29) is 0 Å². The molecule has 0 rings (SSSR count). The van der Waals surface area contributed by atoms with Crippen LogP contribution in [0.3, 0.4) is 0 Å². The van der Waals surface area contributed by atoms with Gasteiger partial charge in [-0.25, -0.2) is 0 Å². The normalized spacial score (nSPS) is 12.5. The molecule has 58 valence electrons. The van der Waals surface area contributed by atoms with Gasteiger partial charge in [-0.2, -0.15) is 0 Å². The maximum atomic E-state index is 2.97. The molecule has 0 aromatic rings. The second-order valence-electron chi connectivity index (χ2n) is 2.24. The molecule has 0 fully saturated rings. The van der Waals surface area contributed by atoms with Crippen LogP contribution in [-0.2, 0) is 0 Å². The van der Waals surface area contributed by atoms with E-state index in [1.807, 2.05) is 13.2 Å². The van der Waals surface area contributed by atoms with Gasteiger partial charge in [-0.15, -0.1) is 0 Å². The van der Waals surface area contributed by atoms with E-state index in [4.69, 9.17) is 0 Å². The third kappa shape index (κ3) is 4.19. The van der Waals surface area contributed by atoms with Crippen molar-refractivity contribution in [3.8, 4) is 0 Å². The van der Waals surface area contributed by atoms with Crippen molar-refractivity contribution in [1.29, 1.82) is 0 Å². The quantitative estimate of drug-likeness (QED) is 0.590. The molecule has 0 atom stereocenters. The van der Waals surface area contributed by atoms with Gasteiger partial charge in [0.2, 0.25) is 0 Å². The van der Waals surface area contributed by atoms with Crippen LogP contribution in [0.25, 0.3) is 0 Å². The van der Waals surface area contributed by atoms with Gasteiger partial charge < -0.3 is 5.32 Å². The van der Waals surface area contributed by atoms with Gasteiger partial charge in [-0.3, -0.25) is 0 Å². The fourth-order valence-corrected chi connectivity index (χ4v) is 0.803. The summed E-state index contributed by atoms with van der Waals surface area (Å²) in [5.74, 6) is 0. The van der Waals surface area contributed by atoms with Crippen molar-refractivity contribution in [2.45, 2.75) is 26.7 Å². The summed E-state index contributed by atoms with van der Waals surface area (Å²) in [6.45, 7) is 4.27. The van der Waals surface area contributed by atoms with Crippen molar-refractivity contribution >= 4 is 0 Å². The van der Waals surface area contributed by atoms with Crippen molar-refractivity contribution in [3.05, 3.63) is 23.9 Å². The molecular weight excluding hydrogens is 122 g/mol. The van der Waals surface area contributed by atoms with Gasteiger partial charge in [-0.1, -0.05) is 25.0 Å². The van der Waals surface area contributed by atoms with Crippen LogP contribution in [0.2, 0.25) is 0 Å². The summed E-state index contributed by atoms with van der Waals surface area (Å²) in [5, 5.41) is 2.97. The average Bonchev–Trinajstić information content (AvgIpc) is 1.98. The molecule has 0 aliphatic carbocycles. The average molecular weight is 139 g/mol. The van der Waals surface area contributed by atoms with Gasteiger partial charge in [0.15, 0.2) is 0 Å². The summed E-state index contributed by atoms with van der Waals surface area (Å²) >= 11 is 0. The van der Waals surface area contributed by atoms with Crippen LogP contribution in [0.5, 0.6) is 0 Å². The fourth-order valence-electron chi connectivity index (χ4n) is 0.803. The maximum Gasteiger partial charge on any atom is 0.00277 e. The first-order chi connectivity index (χ1) is 4.85. The lowest BCUT2D eigenvalue weighted by atomic mass is 10.1. The minimum atomic E-state index is 1.18. The molecule has 1 nitrogen and oxygen atoms in total. The van der Waals surface area contributed by atoms with Crippen LogP contribution in [0.15, 0.2) is 23.9 Å². The lowest BCUT2D eigenvalue weighted by Crippen LogP contribution is -1.91. The minimum absolute atomic E-state index is 1.18. The van der Waals surface area contributed by atoms with Crippen LogP contribution in [0.1, 0.15) is 26.7 Å². The summed E-state index contributed by atoms with van der Waals surface area (Å²) in [6, 6.07) is 0. The molecule has 0 saturated heterocycles. The third-order valence-electron chi connectivity index (χ3n) is 1.37. The Kier molecular flexibility index (Phi) is 5.94. The largest absolute Gasteiger partial charge is 0.394 e. The van der Waals surface area contributed by atoms with Gasteiger partial charge in [0.25, 0.3) is 0 Å². The van der Waals surface area contributed by atoms with Crippen LogP contribution in [0.4, 0.5) is 0 Å². The SMILES string of the molecule is C/C=C(\C=C/NC)CCC. The molecule has 0 amide bonds. The Bertz CT molecular complexity index is 123. The summed E-state index contributed by atoms with van der Waals surface area (Å²) < 4.78 is 0. The zero-order valence-electron chi connectivity index (χ0n) is 7.15. The number of rotatable bonds is 4. The van der Waals surface area contributed by atoms with E-state index in [0.29, 0.717) is 0 Å². The Balaban J connectivity index is 3.72. The lowest BCUT2D eigenvalue weighted by Gasteiger charge is -1.96. The van der Waals surface area contributed by atoms with E-state index in [1.165, 1.54) is 18.4 Å². The highest BCUT2D eigenvalue weighted by molar-refractivity contribution is 5.16. The number of nitrogens with one attached hydrogen (secondary N) is 1. The lowest BCUT2D eigenvalue weighted by molar-refractivity contribution is 0.920. The molecule has 1 N–H and O–H groups in total. The summed E-state index contributed by atoms with van der Waals surface area (Å²) in [4.78, 5) is 0. The first kappa shape index (κ1) is 9.28. The monoisotopic (exact) mass is 139 g/mol. The van der Waals surface area contributed by atoms with Gasteiger partial charge in [-0.05, 0) is 25.6 Å². The molecule has 0 aromatic carbocycles. The van der Waals surface area contributed by atoms with E-state index < -0.39 is 0 Å². The maximum absolute atomic E-state index is 2.97. The van der Waals surface area contributed by atoms with Crippen LogP contribution in [0, 0.1) is 0 Å². The zero-order chi connectivity index (χ0) is 7.82. The Morgan fingerprint density at radius 3 is 2.60 bits per heavy atom. The van der Waals surface area contributed by atoms with Crippen molar-refractivity contribution in [2.75, 3.05) is 7.05 Å². The van der Waals surface area contributed by atoms with E-state index in [1.54, 1.807) is 0 Å². The Morgan fingerprint density at radius 1 is 1.50 bits per heavy atom. The van der Waals surface area contributed by atoms with Gasteiger partial charge in [0.05, 0.1) is 0 Å². The van der Waals surface area contributed by atoms with Crippen LogP contribution >= 0.6 is 0 Å². The van der Waals surface area contributed by atoms with Crippen molar-refractivity contribution in [3.63, 3.8) is 0 Å². The number of hydrogen-bond acceptors (Lipinski definition) is 1. The third-order valence-corrected chi connectivity index (χ3v) is 1.37. The first-order valence-corrected chi connectivity index (χ1v) is 3.84. The predicted molar refractivity (Wildman–Crippen MR) is 46.9 cm³/mol. The van der Waals surface area contributed by atoms with Crippen LogP contribution in [-0.4, -0.2) is 7.05 Å². The van der Waals surface area contributed by atoms with Crippen LogP contribution < -0.4 is 5.32 Å². The van der Waals surface area contributed by atoms with E-state index >= 15 is 0 Å². The molecule has 0 saturated carbocycles. The zero-order valence-corrected chi connectivity index (χ0v) is 7.15. The first-order valence-electron chi connectivity index (χ1n) is 3.84. The molecule has 0 aromatic heterocycles. The van der Waals surface area contributed by atoms with E-state index in [0.717, 1.165) is 0 Å². The van der Waals surface area contributed by atoms with E-state index in [2.05, 4.69) is 31.3 Å². The summed E-state index contributed by atoms with van der Waals surface area (Å²) in [7, 11) is 1.91. The Labute approximate surface area is 63.8 Å². The molecule has 0 aliphatic heterocycles. The molecule has 0 heterocycles. The molecule has 0 radical (unpaired) electrons. The summed E-state index contributed by atoms with van der Waals surface area (Å²) in [6.07, 6.45) is 8.62. The smallest absolute Gasteiger partial charge is 0.00277 e. The molecule has 0 aliphatic rings. The Morgan fingerprint density at radius 2 is 2.20 bits per heavy atom. The highest BCUT2D eigenvalue weighted by Crippen LogP contribution is 2.04. The second kappa shape index (κ2) is 6.40. The molecule has 0 bridgehead atoms. The van der Waals surface area contributed by atoms with Crippen molar-refractivity contribution in [2.24, 2.45) is 0 Å². The van der Waals surface area contributed by atoms with Crippen molar-refractivity contribution < 1.29 is 0 Å². The van der Waals surface area contributed by atoms with E-state index in [9.17, 15) is 0 Å². The standard InChI is InChI=1S/C9H17N/c1-4-6-9(5-2)7-8-10-3/h5,7-8,10H,4,6H2,1-3H3/b8-7-,9-5-. The highest BCUT2D eigenvalue weighted by Gasteiger charge is 1.85. The fraction of sp³-hybridized carbons (Fsp3) is 0.556. The van der Waals surface area contributed by atoms with Crippen molar-refractivity contribution in [1.82, 2.24) is 5.32 Å². The molecule has 0 unspecified atom stereocenters. The predicted octanol–water partition coefficient (Wildman–Crippen LogP) is 2.47. The topological polar surface area (TPSA) is 12.0 Å². The Hall–Kier alpha value is -0.720. The minimum Gasteiger partial charge on any atom is -0.394 e. The molecule has 10 heavy (non-hydrogen) atoms. The highest BCUT2D eigenvalue weighted by atomic mass is 14.8. The second-order valence-corrected chi connectivity index (χ2v) is 2.24. The number of hydrogen-bond donors (Lipinski definition) is 1. The molecule has 0 spiro atoms. The molecule has 1 heteroatoms.